The molecule has 226 valence electrons. The van der Waals surface area contributed by atoms with E-state index in [-0.39, 0.29) is 5.91 Å². The number of anilines is 1. The lowest BCUT2D eigenvalue weighted by Crippen LogP contribution is -2.52. The lowest BCUT2D eigenvalue weighted by atomic mass is 9.71. The standard InChI is InChI=1S/C34H37N7O3/c1-33(2,3)44-32(43)38-34(16-8-17-34)24-13-11-23(12-14-24)29-25(22-9-6-5-7-10-22)19-26-27(37-29)15-18-35-30(26)39-40-31(42)28-20-41(4)21-36-28/h5-7,9-15,18-19,21,28H,8,16-17,20H2,1-4H3,(H,35,39)(H,38,43)(H,40,42). The van der Waals surface area contributed by atoms with Gasteiger partial charge in [0.2, 0.25) is 0 Å². The van der Waals surface area contributed by atoms with Crippen molar-refractivity contribution in [1.29, 1.82) is 0 Å². The fraction of sp³-hybridized carbons (Fsp3) is 0.324. The van der Waals surface area contributed by atoms with Gasteiger partial charge >= 0.3 is 6.09 Å². The lowest BCUT2D eigenvalue weighted by molar-refractivity contribution is -0.121. The Bertz CT molecular complexity index is 1710. The molecule has 1 atom stereocenters. The van der Waals surface area contributed by atoms with E-state index in [0.29, 0.717) is 12.4 Å². The predicted octanol–water partition coefficient (Wildman–Crippen LogP) is 5.65. The summed E-state index contributed by atoms with van der Waals surface area (Å²) in [6.45, 7) is 6.12. The van der Waals surface area contributed by atoms with E-state index < -0.39 is 23.3 Å². The monoisotopic (exact) mass is 591 g/mol. The topological polar surface area (TPSA) is 121 Å². The van der Waals surface area contributed by atoms with E-state index >= 15 is 0 Å². The third-order valence-corrected chi connectivity index (χ3v) is 8.00. The Kier molecular flexibility index (Phi) is 7.67. The van der Waals surface area contributed by atoms with Crippen molar-refractivity contribution in [2.75, 3.05) is 19.0 Å². The minimum Gasteiger partial charge on any atom is -0.444 e. The number of amides is 2. The van der Waals surface area contributed by atoms with Crippen molar-refractivity contribution in [3.63, 3.8) is 0 Å². The SMILES string of the molecule is CN1C=NC(C(=O)NNc2nccc3nc(-c4ccc(C5(NC(=O)OC(C)(C)C)CCC5)cc4)c(-c4ccccc4)cc23)C1. The molecule has 1 saturated carbocycles. The Labute approximate surface area is 256 Å². The Morgan fingerprint density at radius 2 is 1.75 bits per heavy atom. The summed E-state index contributed by atoms with van der Waals surface area (Å²) in [4.78, 5) is 41.0. The highest BCUT2D eigenvalue weighted by atomic mass is 16.6. The smallest absolute Gasteiger partial charge is 0.408 e. The van der Waals surface area contributed by atoms with Crippen LogP contribution in [-0.2, 0) is 15.1 Å². The van der Waals surface area contributed by atoms with Gasteiger partial charge in [0.25, 0.3) is 5.91 Å². The third kappa shape index (κ3) is 6.06. The molecule has 1 unspecified atom stereocenters. The molecule has 10 nitrogen and oxygen atoms in total. The Morgan fingerprint density at radius 1 is 1.00 bits per heavy atom. The summed E-state index contributed by atoms with van der Waals surface area (Å²) in [6.07, 6.45) is 5.69. The van der Waals surface area contributed by atoms with Crippen LogP contribution in [0.2, 0.25) is 0 Å². The van der Waals surface area contributed by atoms with Crippen molar-refractivity contribution in [2.24, 2.45) is 4.99 Å². The molecule has 1 fully saturated rings. The van der Waals surface area contributed by atoms with Crippen LogP contribution in [0.4, 0.5) is 10.6 Å². The maximum absolute atomic E-state index is 12.7. The molecule has 6 rings (SSSR count). The van der Waals surface area contributed by atoms with Gasteiger partial charge in [-0.05, 0) is 63.3 Å². The first-order valence-electron chi connectivity index (χ1n) is 14.9. The van der Waals surface area contributed by atoms with Gasteiger partial charge in [-0.2, -0.15) is 0 Å². The molecule has 2 aromatic heterocycles. The number of rotatable bonds is 7. The molecule has 1 aliphatic heterocycles. The number of aliphatic imine (C=N–C) groups is 1. The molecule has 0 spiro atoms. The number of ether oxygens (including phenoxy) is 1. The van der Waals surface area contributed by atoms with Gasteiger partial charge in [0.15, 0.2) is 5.82 Å². The number of nitrogens with one attached hydrogen (secondary N) is 3. The first-order chi connectivity index (χ1) is 21.1. The summed E-state index contributed by atoms with van der Waals surface area (Å²) in [6, 6.07) is 21.8. The highest BCUT2D eigenvalue weighted by Gasteiger charge is 2.41. The number of benzene rings is 2. The van der Waals surface area contributed by atoms with Gasteiger partial charge < -0.3 is 15.0 Å². The highest BCUT2D eigenvalue weighted by Crippen LogP contribution is 2.43. The molecule has 10 heteroatoms. The van der Waals surface area contributed by atoms with Gasteiger partial charge in [0.1, 0.15) is 11.6 Å². The average Bonchev–Trinajstić information content (AvgIpc) is 3.43. The van der Waals surface area contributed by atoms with Crippen molar-refractivity contribution in [2.45, 2.75) is 57.2 Å². The Morgan fingerprint density at radius 3 is 2.39 bits per heavy atom. The number of alkyl carbamates (subject to hydrolysis) is 1. The Hall–Kier alpha value is -4.99. The van der Waals surface area contributed by atoms with Crippen LogP contribution in [0, 0.1) is 0 Å². The zero-order chi connectivity index (χ0) is 30.9. The summed E-state index contributed by atoms with van der Waals surface area (Å²) >= 11 is 0. The molecular weight excluding hydrogens is 554 g/mol. The number of carbonyl (C=O) groups excluding carboxylic acids is 2. The van der Waals surface area contributed by atoms with Gasteiger partial charge in [0.05, 0.1) is 23.1 Å². The molecule has 3 N–H and O–H groups in total. The molecule has 0 radical (unpaired) electrons. The fourth-order valence-electron chi connectivity index (χ4n) is 5.63. The van der Waals surface area contributed by atoms with E-state index in [0.717, 1.165) is 58.1 Å². The third-order valence-electron chi connectivity index (χ3n) is 8.00. The zero-order valence-electron chi connectivity index (χ0n) is 25.4. The molecule has 2 aliphatic rings. The lowest BCUT2D eigenvalue weighted by Gasteiger charge is -2.43. The zero-order valence-corrected chi connectivity index (χ0v) is 25.4. The van der Waals surface area contributed by atoms with Gasteiger partial charge in [-0.15, -0.1) is 0 Å². The molecular formula is C34H37N7O3. The van der Waals surface area contributed by atoms with Gasteiger partial charge in [-0.3, -0.25) is 20.6 Å². The largest absolute Gasteiger partial charge is 0.444 e. The van der Waals surface area contributed by atoms with Crippen molar-refractivity contribution < 1.29 is 14.3 Å². The molecule has 44 heavy (non-hydrogen) atoms. The van der Waals surface area contributed by atoms with Crippen molar-refractivity contribution in [3.8, 4) is 22.4 Å². The second-order valence-electron chi connectivity index (χ2n) is 12.5. The summed E-state index contributed by atoms with van der Waals surface area (Å²) in [5, 5.41) is 3.91. The summed E-state index contributed by atoms with van der Waals surface area (Å²) < 4.78 is 5.56. The van der Waals surface area contributed by atoms with E-state index in [1.165, 1.54) is 0 Å². The van der Waals surface area contributed by atoms with Crippen molar-refractivity contribution >= 4 is 35.1 Å². The predicted molar refractivity (Wildman–Crippen MR) is 172 cm³/mol. The van der Waals surface area contributed by atoms with Gasteiger partial charge in [-0.1, -0.05) is 54.6 Å². The number of likely N-dealkylation sites (N-methyl/N-ethyl adjacent to an activating group) is 1. The number of hydrogen-bond donors (Lipinski definition) is 3. The normalized spacial score (nSPS) is 17.2. The second kappa shape index (κ2) is 11.6. The van der Waals surface area contributed by atoms with Crippen molar-refractivity contribution in [1.82, 2.24) is 25.6 Å². The van der Waals surface area contributed by atoms with E-state index in [9.17, 15) is 9.59 Å². The molecule has 0 bridgehead atoms. The number of hydrazine groups is 1. The molecule has 3 heterocycles. The minimum absolute atomic E-state index is 0.234. The van der Waals surface area contributed by atoms with E-state index in [4.69, 9.17) is 9.72 Å². The first-order valence-corrected chi connectivity index (χ1v) is 14.9. The summed E-state index contributed by atoms with van der Waals surface area (Å²) in [7, 11) is 1.88. The van der Waals surface area contributed by atoms with Crippen molar-refractivity contribution in [3.05, 3.63) is 78.5 Å². The van der Waals surface area contributed by atoms with Gasteiger partial charge in [-0.25, -0.2) is 14.8 Å². The van der Waals surface area contributed by atoms with Crippen LogP contribution in [0.15, 0.2) is 77.9 Å². The highest BCUT2D eigenvalue weighted by molar-refractivity contribution is 5.97. The molecule has 1 aliphatic carbocycles. The maximum Gasteiger partial charge on any atom is 0.408 e. The number of pyridine rings is 2. The number of fused-ring (bicyclic) bond motifs is 1. The minimum atomic E-state index is -0.563. The maximum atomic E-state index is 12.7. The number of aromatic nitrogens is 2. The number of nitrogens with zero attached hydrogens (tertiary/aromatic N) is 4. The first kappa shape index (κ1) is 29.1. The fourth-order valence-corrected chi connectivity index (χ4v) is 5.63. The molecule has 4 aromatic rings. The average molecular weight is 592 g/mol. The van der Waals surface area contributed by atoms with Gasteiger partial charge in [0, 0.05) is 36.3 Å². The number of hydrogen-bond acceptors (Lipinski definition) is 8. The molecule has 0 saturated heterocycles. The molecule has 2 amide bonds. The van der Waals surface area contributed by atoms with Crippen LogP contribution in [0.5, 0.6) is 0 Å². The van der Waals surface area contributed by atoms with Crippen LogP contribution < -0.4 is 16.2 Å². The van der Waals surface area contributed by atoms with Crippen LogP contribution in [0.1, 0.15) is 45.6 Å². The number of carbonyl (C=O) groups is 2. The van der Waals surface area contributed by atoms with E-state index in [2.05, 4.69) is 68.6 Å². The summed E-state index contributed by atoms with van der Waals surface area (Å²) in [5.74, 6) is 0.264. The van der Waals surface area contributed by atoms with E-state index in [1.54, 1.807) is 12.5 Å². The quantitative estimate of drug-likeness (QED) is 0.238. The van der Waals surface area contributed by atoms with Crippen LogP contribution in [0.25, 0.3) is 33.3 Å². The Balaban J connectivity index is 1.32. The second-order valence-corrected chi connectivity index (χ2v) is 12.5. The van der Waals surface area contributed by atoms with Crippen LogP contribution in [0.3, 0.4) is 0 Å². The van der Waals surface area contributed by atoms with E-state index in [1.807, 2.05) is 57.0 Å². The molecule has 2 aromatic carbocycles. The van der Waals surface area contributed by atoms with Crippen LogP contribution >= 0.6 is 0 Å². The summed E-state index contributed by atoms with van der Waals surface area (Å²) in [5.41, 5.74) is 10.2. The van der Waals surface area contributed by atoms with Crippen LogP contribution in [-0.4, -0.2) is 58.4 Å².